The number of sulfonamides is 1. The van der Waals surface area contributed by atoms with Gasteiger partial charge in [-0.2, -0.15) is 0 Å². The van der Waals surface area contributed by atoms with Gasteiger partial charge in [0.2, 0.25) is 10.0 Å². The molecule has 0 spiro atoms. The van der Waals surface area contributed by atoms with Crippen molar-refractivity contribution in [3.8, 4) is 0 Å². The van der Waals surface area contributed by atoms with E-state index in [0.717, 1.165) is 12.5 Å². The Morgan fingerprint density at radius 3 is 2.62 bits per heavy atom. The fourth-order valence-electron chi connectivity index (χ4n) is 2.67. The molecule has 0 amide bonds. The number of thiophene rings is 1. The molecular weight excluding hydrogens is 350 g/mol. The summed E-state index contributed by atoms with van der Waals surface area (Å²) in [6, 6.07) is 7.81. The Hall–Kier alpha value is -2.23. The number of hydrogen-bond donors (Lipinski definition) is 1. The molecule has 0 saturated heterocycles. The van der Waals surface area contributed by atoms with Gasteiger partial charge in [-0.1, -0.05) is 12.1 Å². The number of nitro groups is 1. The summed E-state index contributed by atoms with van der Waals surface area (Å²) in [6.07, 6.45) is 2.82. The fourth-order valence-corrected chi connectivity index (χ4v) is 4.00. The van der Waals surface area contributed by atoms with Crippen molar-refractivity contribution in [2.45, 2.75) is 11.3 Å². The second-order valence-corrected chi connectivity index (χ2v) is 7.86. The number of nitrogens with two attached hydrogens (primary N) is 1. The predicted molar refractivity (Wildman–Crippen MR) is 93.6 cm³/mol. The highest BCUT2D eigenvalue weighted by molar-refractivity contribution is 7.89. The maximum Gasteiger partial charge on any atom is 0.293 e. The lowest BCUT2D eigenvalue weighted by molar-refractivity contribution is -0.384. The normalized spacial score (nSPS) is 15.2. The van der Waals surface area contributed by atoms with Gasteiger partial charge in [0.05, 0.1) is 9.82 Å². The van der Waals surface area contributed by atoms with Crippen molar-refractivity contribution in [3.05, 3.63) is 56.8 Å². The quantitative estimate of drug-likeness (QED) is 0.662. The van der Waals surface area contributed by atoms with E-state index in [1.165, 1.54) is 22.6 Å². The molecule has 0 unspecified atom stereocenters. The summed E-state index contributed by atoms with van der Waals surface area (Å²) in [5, 5.41) is 18.4. The summed E-state index contributed by atoms with van der Waals surface area (Å²) in [4.78, 5) is 13.5. The van der Waals surface area contributed by atoms with Gasteiger partial charge in [0, 0.05) is 24.0 Å². The number of benzene rings is 1. The van der Waals surface area contributed by atoms with E-state index < -0.39 is 14.9 Å². The second kappa shape index (κ2) is 6.34. The van der Waals surface area contributed by atoms with E-state index in [-0.39, 0.29) is 10.6 Å². The summed E-state index contributed by atoms with van der Waals surface area (Å²) >= 11 is 1.66. The topological polar surface area (TPSA) is 107 Å². The van der Waals surface area contributed by atoms with Crippen LogP contribution in [0.3, 0.4) is 0 Å². The van der Waals surface area contributed by atoms with Crippen molar-refractivity contribution in [3.63, 3.8) is 0 Å². The molecule has 7 nitrogen and oxygen atoms in total. The van der Waals surface area contributed by atoms with Gasteiger partial charge in [-0.25, -0.2) is 13.6 Å². The third-order valence-corrected chi connectivity index (χ3v) is 5.72. The summed E-state index contributed by atoms with van der Waals surface area (Å²) in [5.74, 6) is 0. The molecular formula is C15H15N3O4S2. The van der Waals surface area contributed by atoms with E-state index in [1.807, 2.05) is 22.4 Å². The van der Waals surface area contributed by atoms with Crippen molar-refractivity contribution in [1.29, 1.82) is 0 Å². The maximum absolute atomic E-state index is 11.4. The molecule has 1 aromatic carbocycles. The zero-order valence-electron chi connectivity index (χ0n) is 12.6. The first-order valence-electron chi connectivity index (χ1n) is 7.15. The third-order valence-electron chi connectivity index (χ3n) is 3.86. The molecule has 1 aliphatic heterocycles. The lowest BCUT2D eigenvalue weighted by Crippen LogP contribution is -2.28. The van der Waals surface area contributed by atoms with Crippen LogP contribution in [0, 0.1) is 10.1 Å². The van der Waals surface area contributed by atoms with Crippen molar-refractivity contribution in [2.24, 2.45) is 5.14 Å². The lowest BCUT2D eigenvalue weighted by atomic mass is 10.1. The molecule has 0 fully saturated rings. The van der Waals surface area contributed by atoms with Gasteiger partial charge in [0.25, 0.3) is 5.69 Å². The molecule has 24 heavy (non-hydrogen) atoms. The molecule has 3 rings (SSSR count). The smallest absolute Gasteiger partial charge is 0.293 e. The third kappa shape index (κ3) is 3.32. The van der Waals surface area contributed by atoms with E-state index in [1.54, 1.807) is 11.3 Å². The average Bonchev–Trinajstić information content (AvgIpc) is 3.08. The fraction of sp³-hybridized carbons (Fsp3) is 0.200. The molecule has 2 heterocycles. The summed E-state index contributed by atoms with van der Waals surface area (Å²) in [5.41, 5.74) is 1.37. The Bertz CT molecular complexity index is 905. The molecule has 0 atom stereocenters. The Labute approximate surface area is 143 Å². The average molecular weight is 365 g/mol. The van der Waals surface area contributed by atoms with Crippen molar-refractivity contribution in [1.82, 2.24) is 0 Å². The van der Waals surface area contributed by atoms with Crippen LogP contribution in [0.2, 0.25) is 0 Å². The number of nitrogens with zero attached hydrogens (tertiary/aromatic N) is 2. The molecule has 0 radical (unpaired) electrons. The molecule has 9 heteroatoms. The van der Waals surface area contributed by atoms with E-state index in [0.29, 0.717) is 18.8 Å². The standard InChI is InChI=1S/C15H15N3O4S2/c16-24(21,22)12-3-4-13(14(10-12)18(19)20)17-7-5-11(6-8-17)15-2-1-9-23-15/h1-5,9-10H,6-8H2,(H2,16,21,22). The molecule has 2 aromatic rings. The van der Waals surface area contributed by atoms with Gasteiger partial charge >= 0.3 is 0 Å². The molecule has 2 N–H and O–H groups in total. The van der Waals surface area contributed by atoms with Crippen LogP contribution >= 0.6 is 11.3 Å². The highest BCUT2D eigenvalue weighted by Gasteiger charge is 2.24. The van der Waals surface area contributed by atoms with Crippen LogP contribution in [0.1, 0.15) is 11.3 Å². The van der Waals surface area contributed by atoms with Crippen LogP contribution in [0.15, 0.2) is 46.7 Å². The zero-order chi connectivity index (χ0) is 17.3. The van der Waals surface area contributed by atoms with Gasteiger partial charge in [0.15, 0.2) is 0 Å². The number of rotatable bonds is 4. The Balaban J connectivity index is 1.92. The van der Waals surface area contributed by atoms with E-state index in [4.69, 9.17) is 5.14 Å². The Morgan fingerprint density at radius 2 is 2.08 bits per heavy atom. The molecule has 0 aliphatic carbocycles. The van der Waals surface area contributed by atoms with Crippen LogP contribution in [0.25, 0.3) is 5.57 Å². The maximum atomic E-state index is 11.4. The van der Waals surface area contributed by atoms with Crippen molar-refractivity contribution < 1.29 is 13.3 Å². The van der Waals surface area contributed by atoms with Crippen LogP contribution in [-0.4, -0.2) is 26.4 Å². The van der Waals surface area contributed by atoms with E-state index >= 15 is 0 Å². The first kappa shape index (κ1) is 16.6. The minimum Gasteiger partial charge on any atom is -0.362 e. The predicted octanol–water partition coefficient (Wildman–Crippen LogP) is 2.60. The summed E-state index contributed by atoms with van der Waals surface area (Å²) in [7, 11) is -3.98. The number of nitro benzene ring substituents is 1. The van der Waals surface area contributed by atoms with Crippen LogP contribution < -0.4 is 10.0 Å². The monoisotopic (exact) mass is 365 g/mol. The van der Waals surface area contributed by atoms with Gasteiger partial charge in [-0.15, -0.1) is 11.3 Å². The molecule has 1 aromatic heterocycles. The van der Waals surface area contributed by atoms with E-state index in [9.17, 15) is 18.5 Å². The van der Waals surface area contributed by atoms with Crippen LogP contribution in [-0.2, 0) is 10.0 Å². The first-order chi connectivity index (χ1) is 11.4. The van der Waals surface area contributed by atoms with Crippen LogP contribution in [0.5, 0.6) is 0 Å². The van der Waals surface area contributed by atoms with Crippen molar-refractivity contribution in [2.75, 3.05) is 18.0 Å². The van der Waals surface area contributed by atoms with Crippen molar-refractivity contribution >= 4 is 38.3 Å². The lowest BCUT2D eigenvalue weighted by Gasteiger charge is -2.28. The van der Waals surface area contributed by atoms with Gasteiger partial charge < -0.3 is 4.90 Å². The Morgan fingerprint density at radius 1 is 1.29 bits per heavy atom. The Kier molecular flexibility index (Phi) is 4.39. The van der Waals surface area contributed by atoms with Crippen LogP contribution in [0.4, 0.5) is 11.4 Å². The molecule has 1 aliphatic rings. The van der Waals surface area contributed by atoms with Gasteiger partial charge in [-0.3, -0.25) is 10.1 Å². The van der Waals surface area contributed by atoms with Gasteiger partial charge in [-0.05, 0) is 35.6 Å². The largest absolute Gasteiger partial charge is 0.362 e. The highest BCUT2D eigenvalue weighted by Crippen LogP contribution is 2.34. The number of primary sulfonamides is 1. The van der Waals surface area contributed by atoms with Gasteiger partial charge in [0.1, 0.15) is 5.69 Å². The first-order valence-corrected chi connectivity index (χ1v) is 9.58. The molecule has 0 bridgehead atoms. The summed E-state index contributed by atoms with van der Waals surface area (Å²) in [6.45, 7) is 1.15. The van der Waals surface area contributed by atoms with E-state index in [2.05, 4.69) is 6.07 Å². The zero-order valence-corrected chi connectivity index (χ0v) is 14.2. The molecule has 126 valence electrons. The molecule has 0 saturated carbocycles. The highest BCUT2D eigenvalue weighted by atomic mass is 32.2. The second-order valence-electron chi connectivity index (χ2n) is 5.36. The minimum absolute atomic E-state index is 0.255. The SMILES string of the molecule is NS(=O)(=O)c1ccc(N2CC=C(c3cccs3)CC2)c([N+](=O)[O-])c1. The minimum atomic E-state index is -3.98. The number of hydrogen-bond acceptors (Lipinski definition) is 6. The number of anilines is 1. The summed E-state index contributed by atoms with van der Waals surface area (Å²) < 4.78 is 22.8.